The van der Waals surface area contributed by atoms with E-state index in [1.165, 1.54) is 12.1 Å². The highest BCUT2D eigenvalue weighted by Crippen LogP contribution is 2.07. The molecule has 0 aliphatic rings. The molecule has 0 aliphatic carbocycles. The molecule has 1 N–H and O–H groups in total. The van der Waals surface area contributed by atoms with Crippen LogP contribution in [0.1, 0.15) is 15.9 Å². The van der Waals surface area contributed by atoms with Crippen LogP contribution >= 0.6 is 0 Å². The van der Waals surface area contributed by atoms with Crippen LogP contribution in [0.2, 0.25) is 0 Å². The number of amides is 1. The minimum atomic E-state index is -0.421. The summed E-state index contributed by atoms with van der Waals surface area (Å²) < 4.78 is 12.9. The van der Waals surface area contributed by atoms with E-state index in [0.29, 0.717) is 5.56 Å². The van der Waals surface area contributed by atoms with Gasteiger partial charge in [0.2, 0.25) is 0 Å². The van der Waals surface area contributed by atoms with Crippen molar-refractivity contribution in [3.8, 4) is 12.3 Å². The van der Waals surface area contributed by atoms with Gasteiger partial charge in [-0.2, -0.15) is 0 Å². The minimum Gasteiger partial charge on any atom is -0.341 e. The Hall–Kier alpha value is -1.82. The van der Waals surface area contributed by atoms with Crippen LogP contribution in [0, 0.1) is 25.1 Å². The van der Waals surface area contributed by atoms with Gasteiger partial charge < -0.3 is 5.32 Å². The van der Waals surface area contributed by atoms with Crippen LogP contribution in [0.15, 0.2) is 18.2 Å². The van der Waals surface area contributed by atoms with E-state index in [0.717, 1.165) is 0 Å². The lowest BCUT2D eigenvalue weighted by Crippen LogP contribution is -2.23. The first-order chi connectivity index (χ1) is 6.63. The number of halogens is 1. The summed E-state index contributed by atoms with van der Waals surface area (Å²) in [7, 11) is 0. The van der Waals surface area contributed by atoms with Crippen LogP contribution in [0.4, 0.5) is 4.39 Å². The lowest BCUT2D eigenvalue weighted by atomic mass is 10.1. The maximum Gasteiger partial charge on any atom is 0.252 e. The van der Waals surface area contributed by atoms with Crippen molar-refractivity contribution in [2.75, 3.05) is 6.54 Å². The molecular formula is C11H10FNO. The van der Waals surface area contributed by atoms with Crippen molar-refractivity contribution >= 4 is 5.91 Å². The quantitative estimate of drug-likeness (QED) is 0.705. The maximum atomic E-state index is 12.9. The maximum absolute atomic E-state index is 12.9. The average Bonchev–Trinajstić information content (AvgIpc) is 2.12. The molecule has 0 atom stereocenters. The lowest BCUT2D eigenvalue weighted by Gasteiger charge is -2.02. The number of aryl methyl sites for hydroxylation is 1. The van der Waals surface area contributed by atoms with Crippen molar-refractivity contribution in [2.45, 2.75) is 6.92 Å². The summed E-state index contributed by atoms with van der Waals surface area (Å²) in [5, 5.41) is 2.46. The van der Waals surface area contributed by atoms with Gasteiger partial charge in [-0.15, -0.1) is 6.42 Å². The van der Waals surface area contributed by atoms with E-state index in [1.807, 2.05) is 0 Å². The highest BCUT2D eigenvalue weighted by Gasteiger charge is 2.05. The van der Waals surface area contributed by atoms with Crippen molar-refractivity contribution in [1.82, 2.24) is 5.32 Å². The summed E-state index contributed by atoms with van der Waals surface area (Å²) in [5.74, 6) is 1.50. The Labute approximate surface area is 82.1 Å². The predicted molar refractivity (Wildman–Crippen MR) is 52.3 cm³/mol. The molecule has 0 radical (unpaired) electrons. The molecule has 1 amide bonds. The number of hydrogen-bond acceptors (Lipinski definition) is 1. The lowest BCUT2D eigenvalue weighted by molar-refractivity contribution is 0.0958. The first-order valence-corrected chi connectivity index (χ1v) is 4.12. The molecule has 0 saturated carbocycles. The molecule has 0 heterocycles. The van der Waals surface area contributed by atoms with E-state index < -0.39 is 5.82 Å². The second-order valence-corrected chi connectivity index (χ2v) is 2.90. The number of carbonyl (C=O) groups excluding carboxylic acids is 1. The highest BCUT2D eigenvalue weighted by molar-refractivity contribution is 5.94. The van der Waals surface area contributed by atoms with Gasteiger partial charge in [0, 0.05) is 5.56 Å². The fraction of sp³-hybridized carbons (Fsp3) is 0.182. The van der Waals surface area contributed by atoms with E-state index in [1.54, 1.807) is 13.0 Å². The van der Waals surface area contributed by atoms with Gasteiger partial charge in [0.25, 0.3) is 5.91 Å². The molecule has 1 rings (SSSR count). The van der Waals surface area contributed by atoms with Crippen molar-refractivity contribution in [3.63, 3.8) is 0 Å². The Morgan fingerprint density at radius 1 is 1.57 bits per heavy atom. The molecule has 0 aliphatic heterocycles. The molecule has 72 valence electrons. The molecule has 1 aromatic carbocycles. The standard InChI is InChI=1S/C11H10FNO/c1-3-4-13-11(14)9-5-8(2)6-10(12)7-9/h1,5-7H,4H2,2H3,(H,13,14). The second kappa shape index (κ2) is 4.43. The first-order valence-electron chi connectivity index (χ1n) is 4.12. The van der Waals surface area contributed by atoms with Crippen molar-refractivity contribution < 1.29 is 9.18 Å². The zero-order valence-electron chi connectivity index (χ0n) is 7.80. The molecule has 14 heavy (non-hydrogen) atoms. The highest BCUT2D eigenvalue weighted by atomic mass is 19.1. The fourth-order valence-electron chi connectivity index (χ4n) is 1.10. The topological polar surface area (TPSA) is 29.1 Å². The number of rotatable bonds is 2. The van der Waals surface area contributed by atoms with Crippen LogP contribution in [0.25, 0.3) is 0 Å². The smallest absolute Gasteiger partial charge is 0.252 e. The molecule has 0 spiro atoms. The molecule has 0 aromatic heterocycles. The summed E-state index contributed by atoms with van der Waals surface area (Å²) >= 11 is 0. The molecule has 3 heteroatoms. The third-order valence-corrected chi connectivity index (χ3v) is 1.66. The van der Waals surface area contributed by atoms with Gasteiger partial charge in [0.15, 0.2) is 0 Å². The van der Waals surface area contributed by atoms with E-state index >= 15 is 0 Å². The van der Waals surface area contributed by atoms with Crippen molar-refractivity contribution in [3.05, 3.63) is 35.1 Å². The zero-order valence-corrected chi connectivity index (χ0v) is 7.80. The summed E-state index contributed by atoms with van der Waals surface area (Å²) in [4.78, 5) is 11.3. The van der Waals surface area contributed by atoms with E-state index in [4.69, 9.17) is 6.42 Å². The number of carbonyl (C=O) groups is 1. The Morgan fingerprint density at radius 3 is 2.86 bits per heavy atom. The van der Waals surface area contributed by atoms with Crippen LogP contribution < -0.4 is 5.32 Å². The van der Waals surface area contributed by atoms with E-state index in [9.17, 15) is 9.18 Å². The molecule has 0 unspecified atom stereocenters. The summed E-state index contributed by atoms with van der Waals surface area (Å²) in [6, 6.07) is 4.14. The molecule has 0 fully saturated rings. The fourth-order valence-corrected chi connectivity index (χ4v) is 1.10. The molecule has 2 nitrogen and oxygen atoms in total. The van der Waals surface area contributed by atoms with Gasteiger partial charge in [0.1, 0.15) is 5.82 Å². The van der Waals surface area contributed by atoms with Crippen molar-refractivity contribution in [1.29, 1.82) is 0 Å². The Balaban J connectivity index is 2.85. The normalized spacial score (nSPS) is 9.21. The van der Waals surface area contributed by atoms with Gasteiger partial charge in [-0.05, 0) is 30.7 Å². The SMILES string of the molecule is C#CCNC(=O)c1cc(C)cc(F)c1. The summed E-state index contributed by atoms with van der Waals surface area (Å²) in [5.41, 5.74) is 0.994. The van der Waals surface area contributed by atoms with Crippen LogP contribution in [-0.4, -0.2) is 12.5 Å². The summed E-state index contributed by atoms with van der Waals surface area (Å²) in [6.07, 6.45) is 4.98. The number of hydrogen-bond donors (Lipinski definition) is 1. The summed E-state index contributed by atoms with van der Waals surface area (Å²) in [6.45, 7) is 1.87. The largest absolute Gasteiger partial charge is 0.341 e. The van der Waals surface area contributed by atoms with Crippen LogP contribution in [-0.2, 0) is 0 Å². The molecule has 0 bridgehead atoms. The molecule has 0 saturated heterocycles. The molecule has 1 aromatic rings. The van der Waals surface area contributed by atoms with E-state index in [2.05, 4.69) is 11.2 Å². The van der Waals surface area contributed by atoms with Crippen molar-refractivity contribution in [2.24, 2.45) is 0 Å². The van der Waals surface area contributed by atoms with Crippen LogP contribution in [0.5, 0.6) is 0 Å². The van der Waals surface area contributed by atoms with Crippen LogP contribution in [0.3, 0.4) is 0 Å². The molecular weight excluding hydrogens is 181 g/mol. The van der Waals surface area contributed by atoms with Gasteiger partial charge in [0.05, 0.1) is 6.54 Å². The number of benzene rings is 1. The monoisotopic (exact) mass is 191 g/mol. The number of nitrogens with one attached hydrogen (secondary N) is 1. The van der Waals surface area contributed by atoms with Gasteiger partial charge >= 0.3 is 0 Å². The third kappa shape index (κ3) is 2.60. The predicted octanol–water partition coefficient (Wildman–Crippen LogP) is 1.50. The number of terminal acetylenes is 1. The third-order valence-electron chi connectivity index (χ3n) is 1.66. The first kappa shape index (κ1) is 10.3. The Morgan fingerprint density at radius 2 is 2.29 bits per heavy atom. The van der Waals surface area contributed by atoms with Gasteiger partial charge in [-0.25, -0.2) is 4.39 Å². The van der Waals surface area contributed by atoms with Gasteiger partial charge in [-0.1, -0.05) is 5.92 Å². The van der Waals surface area contributed by atoms with Gasteiger partial charge in [-0.3, -0.25) is 4.79 Å². The zero-order chi connectivity index (χ0) is 10.6. The van der Waals surface area contributed by atoms with E-state index in [-0.39, 0.29) is 18.0 Å². The average molecular weight is 191 g/mol. The Bertz CT molecular complexity index is 373. The Kier molecular flexibility index (Phi) is 3.24. The second-order valence-electron chi connectivity index (χ2n) is 2.90. The minimum absolute atomic E-state index is 0.147.